The van der Waals surface area contributed by atoms with Crippen molar-refractivity contribution in [1.29, 1.82) is 0 Å². The standard InChI is InChI=1S/C12H13NO5S/c1-2-9(14)13(18)10(11(15)16)19-12(17)8-6-4-3-5-7-8/h3-7,10,18H,2H2,1H3,(H,15,16). The van der Waals surface area contributed by atoms with Crippen LogP contribution in [0.2, 0.25) is 0 Å². The fraction of sp³-hybridized carbons (Fsp3) is 0.250. The van der Waals surface area contributed by atoms with E-state index in [0.717, 1.165) is 0 Å². The van der Waals surface area contributed by atoms with Crippen LogP contribution in [0.25, 0.3) is 0 Å². The molecular formula is C12H13NO5S. The largest absolute Gasteiger partial charge is 0.479 e. The summed E-state index contributed by atoms with van der Waals surface area (Å²) in [5.41, 5.74) is 0.302. The number of carboxylic acid groups (broad SMARTS) is 1. The molecule has 0 saturated heterocycles. The Hall–Kier alpha value is -1.86. The van der Waals surface area contributed by atoms with Crippen molar-refractivity contribution < 1.29 is 24.7 Å². The molecule has 0 aliphatic rings. The third-order valence-electron chi connectivity index (χ3n) is 2.22. The molecule has 0 aliphatic carbocycles. The van der Waals surface area contributed by atoms with Gasteiger partial charge in [0.15, 0.2) is 0 Å². The number of carbonyl (C=O) groups excluding carboxylic acids is 2. The van der Waals surface area contributed by atoms with E-state index in [0.29, 0.717) is 17.3 Å². The molecule has 0 heterocycles. The molecular weight excluding hydrogens is 270 g/mol. The van der Waals surface area contributed by atoms with Gasteiger partial charge in [0.25, 0.3) is 0 Å². The van der Waals surface area contributed by atoms with Crippen LogP contribution in [-0.2, 0) is 9.59 Å². The molecule has 0 aliphatic heterocycles. The number of hydroxylamine groups is 2. The molecule has 0 bridgehead atoms. The van der Waals surface area contributed by atoms with Crippen molar-refractivity contribution in [2.45, 2.75) is 18.7 Å². The number of hydrogen-bond donors (Lipinski definition) is 2. The molecule has 0 aromatic heterocycles. The second kappa shape index (κ2) is 6.91. The van der Waals surface area contributed by atoms with Gasteiger partial charge in [0.05, 0.1) is 0 Å². The van der Waals surface area contributed by atoms with Crippen molar-refractivity contribution in [1.82, 2.24) is 5.06 Å². The van der Waals surface area contributed by atoms with E-state index in [1.54, 1.807) is 18.2 Å². The topological polar surface area (TPSA) is 94.9 Å². The molecule has 1 amide bonds. The Labute approximate surface area is 114 Å². The second-order valence-electron chi connectivity index (χ2n) is 3.55. The molecule has 19 heavy (non-hydrogen) atoms. The number of amides is 1. The van der Waals surface area contributed by atoms with Crippen LogP contribution in [-0.4, -0.2) is 37.7 Å². The number of carboxylic acids is 1. The molecule has 0 fully saturated rings. The first-order chi connectivity index (χ1) is 8.97. The van der Waals surface area contributed by atoms with Gasteiger partial charge in [-0.05, 0) is 11.8 Å². The van der Waals surface area contributed by atoms with E-state index in [1.807, 2.05) is 0 Å². The summed E-state index contributed by atoms with van der Waals surface area (Å²) in [5, 5.41) is 16.3. The molecule has 0 saturated carbocycles. The average molecular weight is 283 g/mol. The zero-order valence-corrected chi connectivity index (χ0v) is 11.0. The fourth-order valence-corrected chi connectivity index (χ4v) is 2.03. The van der Waals surface area contributed by atoms with Gasteiger partial charge in [0.2, 0.25) is 16.4 Å². The molecule has 1 aromatic carbocycles. The van der Waals surface area contributed by atoms with Crippen LogP contribution in [0, 0.1) is 0 Å². The summed E-state index contributed by atoms with van der Waals surface area (Å²) in [5.74, 6) is -2.22. The smallest absolute Gasteiger partial charge is 0.340 e. The lowest BCUT2D eigenvalue weighted by Gasteiger charge is -2.20. The molecule has 1 atom stereocenters. The summed E-state index contributed by atoms with van der Waals surface area (Å²) >= 11 is 0.374. The number of aliphatic carboxylic acids is 1. The summed E-state index contributed by atoms with van der Waals surface area (Å²) in [4.78, 5) is 34.1. The highest BCUT2D eigenvalue weighted by molar-refractivity contribution is 8.15. The van der Waals surface area contributed by atoms with Crippen LogP contribution in [0.1, 0.15) is 23.7 Å². The van der Waals surface area contributed by atoms with Crippen molar-refractivity contribution in [2.75, 3.05) is 0 Å². The molecule has 1 aromatic rings. The number of rotatable bonds is 5. The molecule has 2 N–H and O–H groups in total. The van der Waals surface area contributed by atoms with E-state index in [9.17, 15) is 19.6 Å². The van der Waals surface area contributed by atoms with Gasteiger partial charge in [-0.15, -0.1) is 0 Å². The van der Waals surface area contributed by atoms with E-state index >= 15 is 0 Å². The average Bonchev–Trinajstić information content (AvgIpc) is 2.43. The Balaban J connectivity index is 2.83. The molecule has 102 valence electrons. The van der Waals surface area contributed by atoms with Gasteiger partial charge in [-0.1, -0.05) is 37.3 Å². The third-order valence-corrected chi connectivity index (χ3v) is 3.29. The second-order valence-corrected chi connectivity index (χ2v) is 4.61. The predicted molar refractivity (Wildman–Crippen MR) is 68.7 cm³/mol. The maximum absolute atomic E-state index is 11.8. The third kappa shape index (κ3) is 4.08. The summed E-state index contributed by atoms with van der Waals surface area (Å²) in [7, 11) is 0. The molecule has 0 spiro atoms. The maximum atomic E-state index is 11.8. The van der Waals surface area contributed by atoms with Crippen molar-refractivity contribution in [3.63, 3.8) is 0 Å². The minimum Gasteiger partial charge on any atom is -0.479 e. The van der Waals surface area contributed by atoms with Crippen LogP contribution >= 0.6 is 11.8 Å². The molecule has 6 nitrogen and oxygen atoms in total. The SMILES string of the molecule is CCC(=O)N(O)C(SC(=O)c1ccccc1)C(=O)O. The zero-order valence-electron chi connectivity index (χ0n) is 10.1. The van der Waals surface area contributed by atoms with Crippen molar-refractivity contribution in [2.24, 2.45) is 0 Å². The van der Waals surface area contributed by atoms with E-state index in [-0.39, 0.29) is 11.5 Å². The molecule has 1 rings (SSSR count). The van der Waals surface area contributed by atoms with Crippen LogP contribution in [0.4, 0.5) is 0 Å². The normalized spacial score (nSPS) is 11.7. The number of thioether (sulfide) groups is 1. The number of hydrogen-bond acceptors (Lipinski definition) is 5. The Morgan fingerprint density at radius 3 is 2.32 bits per heavy atom. The highest BCUT2D eigenvalue weighted by atomic mass is 32.2. The van der Waals surface area contributed by atoms with Crippen molar-refractivity contribution in [3.8, 4) is 0 Å². The highest BCUT2D eigenvalue weighted by Crippen LogP contribution is 2.21. The van der Waals surface area contributed by atoms with Crippen LogP contribution in [0.5, 0.6) is 0 Å². The highest BCUT2D eigenvalue weighted by Gasteiger charge is 2.31. The van der Waals surface area contributed by atoms with E-state index in [2.05, 4.69) is 0 Å². The first-order valence-electron chi connectivity index (χ1n) is 5.47. The van der Waals surface area contributed by atoms with Gasteiger partial charge in [-0.3, -0.25) is 14.8 Å². The van der Waals surface area contributed by atoms with E-state index < -0.39 is 22.4 Å². The zero-order chi connectivity index (χ0) is 14.4. The van der Waals surface area contributed by atoms with Gasteiger partial charge < -0.3 is 5.11 Å². The number of nitrogens with zero attached hydrogens (tertiary/aromatic N) is 1. The van der Waals surface area contributed by atoms with Crippen LogP contribution in [0.3, 0.4) is 0 Å². The summed E-state index contributed by atoms with van der Waals surface area (Å²) in [6, 6.07) is 8.04. The van der Waals surface area contributed by atoms with Gasteiger partial charge in [-0.2, -0.15) is 5.06 Å². The lowest BCUT2D eigenvalue weighted by atomic mass is 10.2. The number of carbonyl (C=O) groups is 3. The van der Waals surface area contributed by atoms with Gasteiger partial charge in [0, 0.05) is 12.0 Å². The Bertz CT molecular complexity index is 476. The predicted octanol–water partition coefficient (Wildman–Crippen LogP) is 1.60. The first kappa shape index (κ1) is 15.2. The quantitative estimate of drug-likeness (QED) is 0.484. The Morgan fingerprint density at radius 2 is 1.84 bits per heavy atom. The Kier molecular flexibility index (Phi) is 5.53. The maximum Gasteiger partial charge on any atom is 0.340 e. The van der Waals surface area contributed by atoms with Gasteiger partial charge in [0.1, 0.15) is 0 Å². The van der Waals surface area contributed by atoms with Crippen LogP contribution < -0.4 is 0 Å². The number of benzene rings is 1. The van der Waals surface area contributed by atoms with E-state index in [4.69, 9.17) is 5.11 Å². The molecule has 0 radical (unpaired) electrons. The minimum atomic E-state index is -1.65. The first-order valence-corrected chi connectivity index (χ1v) is 6.35. The van der Waals surface area contributed by atoms with Crippen molar-refractivity contribution in [3.05, 3.63) is 35.9 Å². The minimum absolute atomic E-state index is 0.0552. The molecule has 7 heteroatoms. The monoisotopic (exact) mass is 283 g/mol. The fourth-order valence-electron chi connectivity index (χ4n) is 1.24. The summed E-state index contributed by atoms with van der Waals surface area (Å²) in [6.45, 7) is 1.48. The van der Waals surface area contributed by atoms with E-state index in [1.165, 1.54) is 19.1 Å². The lowest BCUT2D eigenvalue weighted by molar-refractivity contribution is -0.176. The van der Waals surface area contributed by atoms with Crippen LogP contribution in [0.15, 0.2) is 30.3 Å². The lowest BCUT2D eigenvalue weighted by Crippen LogP contribution is -2.41. The molecule has 1 unspecified atom stereocenters. The van der Waals surface area contributed by atoms with Crippen molar-refractivity contribution >= 4 is 28.8 Å². The van der Waals surface area contributed by atoms with Gasteiger partial charge in [-0.25, -0.2) is 4.79 Å². The summed E-state index contributed by atoms with van der Waals surface area (Å²) < 4.78 is 0. The Morgan fingerprint density at radius 1 is 1.26 bits per heavy atom. The summed E-state index contributed by atoms with van der Waals surface area (Å²) in [6.07, 6.45) is -0.0552. The van der Waals surface area contributed by atoms with Gasteiger partial charge >= 0.3 is 5.97 Å².